The van der Waals surface area contributed by atoms with E-state index in [-0.39, 0.29) is 5.28 Å². The highest BCUT2D eigenvalue weighted by atomic mass is 35.5. The predicted molar refractivity (Wildman–Crippen MR) is 57.1 cm³/mol. The first-order chi connectivity index (χ1) is 6.59. The quantitative estimate of drug-likeness (QED) is 0.753. The lowest BCUT2D eigenvalue weighted by Gasteiger charge is -2.03. The van der Waals surface area contributed by atoms with Crippen LogP contribution in [-0.4, -0.2) is 14.6 Å². The van der Waals surface area contributed by atoms with Crippen molar-refractivity contribution in [1.82, 2.24) is 14.6 Å². The Morgan fingerprint density at radius 2 is 2.07 bits per heavy atom. The summed E-state index contributed by atoms with van der Waals surface area (Å²) in [7, 11) is 0. The molecule has 0 saturated carbocycles. The number of rotatable bonds is 1. The summed E-state index contributed by atoms with van der Waals surface area (Å²) in [6, 6.07) is 1.90. The van der Waals surface area contributed by atoms with Gasteiger partial charge >= 0.3 is 0 Å². The Bertz CT molecular complexity index is 476. The maximum atomic E-state index is 6.03. The van der Waals surface area contributed by atoms with Gasteiger partial charge in [0.25, 0.3) is 0 Å². The summed E-state index contributed by atoms with van der Waals surface area (Å²) in [6.07, 6.45) is 1.63. The molecule has 0 atom stereocenters. The first-order valence-corrected chi connectivity index (χ1v) is 5.05. The van der Waals surface area contributed by atoms with Crippen molar-refractivity contribution in [2.24, 2.45) is 0 Å². The highest BCUT2D eigenvalue weighted by Crippen LogP contribution is 2.25. The number of nitrogens with zero attached hydrogens (tertiary/aromatic N) is 3. The lowest BCUT2D eigenvalue weighted by molar-refractivity contribution is 0.751. The van der Waals surface area contributed by atoms with Gasteiger partial charge in [0.1, 0.15) is 5.52 Å². The number of halogens is 2. The summed E-state index contributed by atoms with van der Waals surface area (Å²) in [5.74, 6) is 0.348. The van der Waals surface area contributed by atoms with Gasteiger partial charge < -0.3 is 0 Å². The largest absolute Gasteiger partial charge is 0.241 e. The van der Waals surface area contributed by atoms with Crippen LogP contribution in [0.15, 0.2) is 12.3 Å². The highest BCUT2D eigenvalue weighted by molar-refractivity contribution is 6.34. The van der Waals surface area contributed by atoms with Crippen molar-refractivity contribution < 1.29 is 0 Å². The minimum Gasteiger partial charge on any atom is -0.231 e. The molecule has 74 valence electrons. The third-order valence-corrected chi connectivity index (χ3v) is 2.54. The Labute approximate surface area is 91.7 Å². The van der Waals surface area contributed by atoms with E-state index >= 15 is 0 Å². The molecule has 0 aromatic carbocycles. The predicted octanol–water partition coefficient (Wildman–Crippen LogP) is 3.16. The normalized spacial score (nSPS) is 11.5. The minimum atomic E-state index is 0.228. The summed E-state index contributed by atoms with van der Waals surface area (Å²) in [5.41, 5.74) is 1.83. The molecule has 0 fully saturated rings. The second kappa shape index (κ2) is 3.41. The molecule has 2 heterocycles. The third kappa shape index (κ3) is 1.47. The van der Waals surface area contributed by atoms with Crippen molar-refractivity contribution in [2.45, 2.75) is 19.8 Å². The van der Waals surface area contributed by atoms with Crippen molar-refractivity contribution in [3.05, 3.63) is 28.3 Å². The van der Waals surface area contributed by atoms with Crippen LogP contribution in [0.1, 0.15) is 25.5 Å². The van der Waals surface area contributed by atoms with Crippen molar-refractivity contribution in [3.63, 3.8) is 0 Å². The van der Waals surface area contributed by atoms with Crippen LogP contribution in [0.25, 0.3) is 5.52 Å². The molecule has 0 saturated heterocycles. The van der Waals surface area contributed by atoms with Crippen LogP contribution in [0.5, 0.6) is 0 Å². The molecule has 5 heteroatoms. The summed E-state index contributed by atoms with van der Waals surface area (Å²) >= 11 is 11.7. The van der Waals surface area contributed by atoms with E-state index in [1.54, 1.807) is 10.7 Å². The average Bonchev–Trinajstić information content (AvgIpc) is 2.43. The van der Waals surface area contributed by atoms with Crippen LogP contribution >= 0.6 is 23.2 Å². The molecule has 0 spiro atoms. The number of hydrogen-bond donors (Lipinski definition) is 0. The van der Waals surface area contributed by atoms with Gasteiger partial charge in [0.05, 0.1) is 11.2 Å². The van der Waals surface area contributed by atoms with Gasteiger partial charge in [0, 0.05) is 5.69 Å². The molecular weight excluding hydrogens is 221 g/mol. The van der Waals surface area contributed by atoms with E-state index in [0.29, 0.717) is 10.9 Å². The summed E-state index contributed by atoms with van der Waals surface area (Å²) in [4.78, 5) is 3.89. The van der Waals surface area contributed by atoms with Crippen molar-refractivity contribution in [2.75, 3.05) is 0 Å². The number of fused-ring (bicyclic) bond motifs is 1. The lowest BCUT2D eigenvalue weighted by Crippen LogP contribution is -2.00. The Morgan fingerprint density at radius 1 is 1.36 bits per heavy atom. The van der Waals surface area contributed by atoms with Crippen LogP contribution in [0.3, 0.4) is 0 Å². The number of aromatic nitrogens is 3. The molecule has 3 nitrogen and oxygen atoms in total. The topological polar surface area (TPSA) is 30.2 Å². The molecule has 0 N–H and O–H groups in total. The van der Waals surface area contributed by atoms with Crippen LogP contribution in [-0.2, 0) is 0 Å². The smallest absolute Gasteiger partial charge is 0.231 e. The summed E-state index contributed by atoms with van der Waals surface area (Å²) < 4.78 is 1.74. The molecular formula is C9H9Cl2N3. The van der Waals surface area contributed by atoms with Gasteiger partial charge in [-0.3, -0.25) is 0 Å². The van der Waals surface area contributed by atoms with Gasteiger partial charge in [-0.15, -0.1) is 5.10 Å². The Hall–Kier alpha value is -0.800. The van der Waals surface area contributed by atoms with Crippen molar-refractivity contribution in [1.29, 1.82) is 0 Å². The highest BCUT2D eigenvalue weighted by Gasteiger charge is 2.11. The molecule has 0 bridgehead atoms. The van der Waals surface area contributed by atoms with Crippen molar-refractivity contribution in [3.8, 4) is 0 Å². The van der Waals surface area contributed by atoms with Crippen LogP contribution in [0.4, 0.5) is 0 Å². The standard InChI is InChI=1S/C9H9Cl2N3/c1-5(2)7-3-6(10)8-4-12-9(11)13-14(7)8/h3-5H,1-2H3. The molecule has 2 aromatic heterocycles. The third-order valence-electron chi connectivity index (χ3n) is 2.06. The molecule has 0 aliphatic rings. The van der Waals surface area contributed by atoms with Gasteiger partial charge in [0.2, 0.25) is 5.28 Å². The molecule has 0 radical (unpaired) electrons. The lowest BCUT2D eigenvalue weighted by atomic mass is 10.1. The molecule has 14 heavy (non-hydrogen) atoms. The second-order valence-electron chi connectivity index (χ2n) is 3.40. The molecule has 2 rings (SSSR count). The van der Waals surface area contributed by atoms with Gasteiger partial charge in [0.15, 0.2) is 0 Å². The average molecular weight is 230 g/mol. The van der Waals surface area contributed by atoms with E-state index in [1.807, 2.05) is 6.07 Å². The summed E-state index contributed by atoms with van der Waals surface area (Å²) in [6.45, 7) is 4.15. The zero-order chi connectivity index (χ0) is 10.3. The van der Waals surface area contributed by atoms with Gasteiger partial charge in [-0.1, -0.05) is 25.4 Å². The van der Waals surface area contributed by atoms with Crippen LogP contribution in [0, 0.1) is 0 Å². The molecule has 2 aromatic rings. The van der Waals surface area contributed by atoms with E-state index in [0.717, 1.165) is 11.2 Å². The van der Waals surface area contributed by atoms with Crippen LogP contribution in [0.2, 0.25) is 10.3 Å². The second-order valence-corrected chi connectivity index (χ2v) is 4.14. The van der Waals surface area contributed by atoms with E-state index in [9.17, 15) is 0 Å². The molecule has 0 unspecified atom stereocenters. The van der Waals surface area contributed by atoms with E-state index in [1.165, 1.54) is 0 Å². The Balaban J connectivity index is 2.79. The Morgan fingerprint density at radius 3 is 2.71 bits per heavy atom. The fourth-order valence-corrected chi connectivity index (χ4v) is 1.73. The fraction of sp³-hybridized carbons (Fsp3) is 0.333. The van der Waals surface area contributed by atoms with E-state index in [4.69, 9.17) is 23.2 Å². The van der Waals surface area contributed by atoms with Gasteiger partial charge in [-0.05, 0) is 23.6 Å². The Kier molecular flexibility index (Phi) is 2.37. The zero-order valence-electron chi connectivity index (χ0n) is 7.83. The van der Waals surface area contributed by atoms with Crippen molar-refractivity contribution >= 4 is 28.7 Å². The monoisotopic (exact) mass is 229 g/mol. The van der Waals surface area contributed by atoms with Gasteiger partial charge in [-0.2, -0.15) is 0 Å². The van der Waals surface area contributed by atoms with E-state index in [2.05, 4.69) is 23.9 Å². The molecule has 0 aliphatic heterocycles. The summed E-state index contributed by atoms with van der Waals surface area (Å²) in [5, 5.41) is 4.99. The molecule has 0 amide bonds. The first-order valence-electron chi connectivity index (χ1n) is 4.29. The van der Waals surface area contributed by atoms with Crippen LogP contribution < -0.4 is 0 Å². The number of hydrogen-bond acceptors (Lipinski definition) is 2. The maximum absolute atomic E-state index is 6.03. The SMILES string of the molecule is CC(C)c1cc(Cl)c2cnc(Cl)nn12. The minimum absolute atomic E-state index is 0.228. The van der Waals surface area contributed by atoms with E-state index < -0.39 is 0 Å². The first kappa shape index (κ1) is 9.74. The maximum Gasteiger partial charge on any atom is 0.241 e. The molecule has 0 aliphatic carbocycles. The fourth-order valence-electron chi connectivity index (χ4n) is 1.37. The van der Waals surface area contributed by atoms with Gasteiger partial charge in [-0.25, -0.2) is 9.50 Å². The zero-order valence-corrected chi connectivity index (χ0v) is 9.34.